The van der Waals surface area contributed by atoms with Crippen LogP contribution in [0.4, 0.5) is 4.39 Å². The number of fused-ring (bicyclic) bond motifs is 1. The van der Waals surface area contributed by atoms with Gasteiger partial charge < -0.3 is 10.1 Å². The van der Waals surface area contributed by atoms with Gasteiger partial charge in [0.25, 0.3) is 5.91 Å². The Morgan fingerprint density at radius 1 is 1.17 bits per heavy atom. The Morgan fingerprint density at radius 3 is 2.69 bits per heavy atom. The molecule has 2 aromatic carbocycles. The summed E-state index contributed by atoms with van der Waals surface area (Å²) in [5.74, 6) is 0.613. The lowest BCUT2D eigenvalue weighted by atomic mass is 10.2. The minimum Gasteiger partial charge on any atom is -0.484 e. The molecular weight excluding hydrogens is 415 g/mol. The van der Waals surface area contributed by atoms with Crippen LogP contribution in [0, 0.1) is 5.82 Å². The Morgan fingerprint density at radius 2 is 1.93 bits per heavy atom. The van der Waals surface area contributed by atoms with E-state index in [1.54, 1.807) is 40.9 Å². The van der Waals surface area contributed by atoms with Crippen molar-refractivity contribution in [3.8, 4) is 17.1 Å². The Hall–Kier alpha value is -2.97. The van der Waals surface area contributed by atoms with Crippen molar-refractivity contribution < 1.29 is 13.9 Å². The van der Waals surface area contributed by atoms with Crippen LogP contribution < -0.4 is 10.1 Å². The number of benzene rings is 2. The molecule has 0 atom stereocenters. The fourth-order valence-electron chi connectivity index (χ4n) is 2.68. The lowest BCUT2D eigenvalue weighted by molar-refractivity contribution is -0.123. The van der Waals surface area contributed by atoms with Gasteiger partial charge in [-0.15, -0.1) is 16.4 Å². The number of amides is 1. The number of hydrogen-bond donors (Lipinski definition) is 1. The second kappa shape index (κ2) is 8.59. The van der Waals surface area contributed by atoms with Gasteiger partial charge in [0, 0.05) is 28.9 Å². The van der Waals surface area contributed by atoms with Crippen molar-refractivity contribution in [2.45, 2.75) is 6.42 Å². The third-order valence-electron chi connectivity index (χ3n) is 4.14. The van der Waals surface area contributed by atoms with Crippen molar-refractivity contribution >= 4 is 33.8 Å². The fourth-order valence-corrected chi connectivity index (χ4v) is 3.66. The van der Waals surface area contributed by atoms with Crippen LogP contribution in [0.2, 0.25) is 5.02 Å². The van der Waals surface area contributed by atoms with Crippen molar-refractivity contribution in [1.29, 1.82) is 0 Å². The zero-order valence-corrected chi connectivity index (χ0v) is 16.7. The van der Waals surface area contributed by atoms with E-state index in [2.05, 4.69) is 15.4 Å². The number of thiazole rings is 1. The Kier molecular flexibility index (Phi) is 5.73. The van der Waals surface area contributed by atoms with Gasteiger partial charge in [-0.25, -0.2) is 8.91 Å². The number of hydrogen-bond acceptors (Lipinski definition) is 5. The van der Waals surface area contributed by atoms with E-state index in [9.17, 15) is 9.18 Å². The number of carbonyl (C=O) groups excluding carboxylic acids is 1. The summed E-state index contributed by atoms with van der Waals surface area (Å²) < 4.78 is 20.3. The van der Waals surface area contributed by atoms with Crippen molar-refractivity contribution in [2.75, 3.05) is 13.2 Å². The summed E-state index contributed by atoms with van der Waals surface area (Å²) in [4.78, 5) is 17.2. The summed E-state index contributed by atoms with van der Waals surface area (Å²) in [6, 6.07) is 12.9. The molecule has 4 aromatic rings. The topological polar surface area (TPSA) is 68.5 Å². The molecule has 0 bridgehead atoms. The van der Waals surface area contributed by atoms with Crippen LogP contribution in [0.3, 0.4) is 0 Å². The maximum atomic E-state index is 13.1. The van der Waals surface area contributed by atoms with Crippen molar-refractivity contribution in [3.63, 3.8) is 0 Å². The van der Waals surface area contributed by atoms with Gasteiger partial charge in [-0.3, -0.25) is 4.79 Å². The van der Waals surface area contributed by atoms with Gasteiger partial charge in [-0.05, 0) is 48.5 Å². The second-order valence-corrected chi connectivity index (χ2v) is 7.48. The SMILES string of the molecule is O=C(COc1ccc(Cl)cc1)NCCc1csc2nc(-c3ccc(F)cc3)nn12. The monoisotopic (exact) mass is 430 g/mol. The molecule has 1 amide bonds. The van der Waals surface area contributed by atoms with Gasteiger partial charge in [-0.1, -0.05) is 11.6 Å². The van der Waals surface area contributed by atoms with Crippen LogP contribution in [0.25, 0.3) is 16.3 Å². The van der Waals surface area contributed by atoms with E-state index in [1.165, 1.54) is 23.5 Å². The predicted octanol–water partition coefficient (Wildman–Crippen LogP) is 3.99. The minimum atomic E-state index is -0.300. The van der Waals surface area contributed by atoms with Crippen LogP contribution in [-0.2, 0) is 11.2 Å². The second-order valence-electron chi connectivity index (χ2n) is 6.21. The highest BCUT2D eigenvalue weighted by Gasteiger charge is 2.12. The maximum absolute atomic E-state index is 13.1. The van der Waals surface area contributed by atoms with Gasteiger partial charge in [0.15, 0.2) is 12.4 Å². The van der Waals surface area contributed by atoms with Gasteiger partial charge in [0.1, 0.15) is 11.6 Å². The molecule has 4 rings (SSSR count). The normalized spacial score (nSPS) is 11.0. The van der Waals surface area contributed by atoms with Crippen molar-refractivity contribution in [3.05, 3.63) is 70.4 Å². The molecule has 0 radical (unpaired) electrons. The maximum Gasteiger partial charge on any atom is 0.257 e. The van der Waals surface area contributed by atoms with E-state index in [4.69, 9.17) is 16.3 Å². The van der Waals surface area contributed by atoms with E-state index < -0.39 is 0 Å². The molecule has 0 saturated heterocycles. The summed E-state index contributed by atoms with van der Waals surface area (Å²) in [6.45, 7) is 0.374. The first-order valence-corrected chi connectivity index (χ1v) is 10.1. The first-order valence-electron chi connectivity index (χ1n) is 8.82. The molecule has 29 heavy (non-hydrogen) atoms. The molecule has 2 heterocycles. The number of rotatable bonds is 7. The number of aromatic nitrogens is 3. The van der Waals surface area contributed by atoms with Crippen molar-refractivity contribution in [2.24, 2.45) is 0 Å². The van der Waals surface area contributed by atoms with Crippen LogP contribution in [-0.4, -0.2) is 33.7 Å². The third-order valence-corrected chi connectivity index (χ3v) is 5.26. The summed E-state index contributed by atoms with van der Waals surface area (Å²) in [5.41, 5.74) is 1.69. The Labute approximate surface area is 174 Å². The Bertz CT molecular complexity index is 1130. The van der Waals surface area contributed by atoms with E-state index in [1.807, 2.05) is 5.38 Å². The van der Waals surface area contributed by atoms with Gasteiger partial charge in [0.05, 0.1) is 5.69 Å². The smallest absolute Gasteiger partial charge is 0.257 e. The molecule has 0 saturated carbocycles. The lowest BCUT2D eigenvalue weighted by Crippen LogP contribution is -2.30. The minimum absolute atomic E-state index is 0.0707. The number of nitrogens with zero attached hydrogens (tertiary/aromatic N) is 3. The molecule has 9 heteroatoms. The number of nitrogens with one attached hydrogen (secondary N) is 1. The van der Waals surface area contributed by atoms with Crippen LogP contribution >= 0.6 is 22.9 Å². The number of halogens is 2. The molecule has 148 valence electrons. The van der Waals surface area contributed by atoms with Gasteiger partial charge >= 0.3 is 0 Å². The first kappa shape index (κ1) is 19.4. The average Bonchev–Trinajstić information content (AvgIpc) is 3.30. The molecule has 2 aromatic heterocycles. The summed E-state index contributed by atoms with van der Waals surface area (Å²) in [7, 11) is 0. The quantitative estimate of drug-likeness (QED) is 0.481. The fraction of sp³-hybridized carbons (Fsp3) is 0.150. The predicted molar refractivity (Wildman–Crippen MR) is 110 cm³/mol. The molecule has 1 N–H and O–H groups in total. The van der Waals surface area contributed by atoms with Crippen LogP contribution in [0.5, 0.6) is 5.75 Å². The molecular formula is C20H16ClFN4O2S. The molecule has 0 spiro atoms. The van der Waals surface area contributed by atoms with E-state index in [0.717, 1.165) is 16.2 Å². The van der Waals surface area contributed by atoms with Crippen molar-refractivity contribution in [1.82, 2.24) is 19.9 Å². The molecule has 0 fully saturated rings. The highest BCUT2D eigenvalue weighted by Crippen LogP contribution is 2.21. The van der Waals surface area contributed by atoms with Crippen LogP contribution in [0.1, 0.15) is 5.69 Å². The average molecular weight is 431 g/mol. The van der Waals surface area contributed by atoms with Crippen LogP contribution in [0.15, 0.2) is 53.9 Å². The molecule has 6 nitrogen and oxygen atoms in total. The largest absolute Gasteiger partial charge is 0.484 e. The molecule has 0 aliphatic carbocycles. The first-order chi connectivity index (χ1) is 14.1. The zero-order valence-electron chi connectivity index (χ0n) is 15.1. The van der Waals surface area contributed by atoms with E-state index >= 15 is 0 Å². The zero-order chi connectivity index (χ0) is 20.2. The highest BCUT2D eigenvalue weighted by molar-refractivity contribution is 7.15. The lowest BCUT2D eigenvalue weighted by Gasteiger charge is -2.07. The highest BCUT2D eigenvalue weighted by atomic mass is 35.5. The van der Waals surface area contributed by atoms with E-state index in [-0.39, 0.29) is 18.3 Å². The molecule has 0 aliphatic rings. The number of carbonyl (C=O) groups is 1. The summed E-state index contributed by atoms with van der Waals surface area (Å²) in [5, 5.41) is 9.89. The van der Waals surface area contributed by atoms with E-state index in [0.29, 0.717) is 29.6 Å². The standard InChI is InChI=1S/C20H16ClFN4O2S/c21-14-3-7-17(8-4-14)28-11-18(27)23-10-9-16-12-29-20-24-19(25-26(16)20)13-1-5-15(22)6-2-13/h1-8,12H,9-11H2,(H,23,27). The number of ether oxygens (including phenoxy) is 1. The Balaban J connectivity index is 1.32. The summed E-state index contributed by atoms with van der Waals surface area (Å²) in [6.07, 6.45) is 0.596. The molecule has 0 aliphatic heterocycles. The summed E-state index contributed by atoms with van der Waals surface area (Å²) >= 11 is 7.28. The van der Waals surface area contributed by atoms with Gasteiger partial charge in [0.2, 0.25) is 4.96 Å². The van der Waals surface area contributed by atoms with Gasteiger partial charge in [-0.2, -0.15) is 4.98 Å². The molecule has 0 unspecified atom stereocenters. The third kappa shape index (κ3) is 4.72.